The number of benzene rings is 3. The van der Waals surface area contributed by atoms with Crippen molar-refractivity contribution in [2.45, 2.75) is 21.3 Å². The number of hydrogen-bond donors (Lipinski definition) is 1. The summed E-state index contributed by atoms with van der Waals surface area (Å²) in [4.78, 5) is -0.591. The van der Waals surface area contributed by atoms with Crippen LogP contribution in [0.5, 0.6) is 0 Å². The van der Waals surface area contributed by atoms with Gasteiger partial charge >= 0.3 is 0 Å². The molecule has 12 nitrogen and oxygen atoms in total. The number of aromatic nitrogens is 3. The minimum Gasteiger partial charge on any atom is -0.423 e. The Morgan fingerprint density at radius 1 is 0.690 bits per heavy atom. The Hall–Kier alpha value is -3.60. The molecule has 0 fully saturated rings. The molecule has 0 aliphatic heterocycles. The Balaban J connectivity index is 1.42. The highest BCUT2D eigenvalue weighted by Crippen LogP contribution is 2.37. The van der Waals surface area contributed by atoms with Crippen molar-refractivity contribution in [1.82, 2.24) is 19.5 Å². The quantitative estimate of drug-likeness (QED) is 0.222. The molecule has 0 spiro atoms. The fraction of sp³-hybridized carbons (Fsp3) is 0.0800. The predicted octanol–water partition coefficient (Wildman–Crippen LogP) is 4.48. The monoisotopic (exact) mass is 668 g/mol. The standard InChI is InChI=1S/C25H18Cl2N4O8S3/c26-18-8-6-17(7-9-18)24-25(23(30-39-24)16-4-2-1-3-5-16)40(32,33)14-21-28-29-22(38-21)15-41(34,35)31-42(36,37)20-12-10-19(27)11-13-20/h1-13,31H,14-15H2. The summed E-state index contributed by atoms with van der Waals surface area (Å²) in [5.74, 6) is -2.90. The fourth-order valence-corrected chi connectivity index (χ4v) is 8.42. The molecule has 42 heavy (non-hydrogen) atoms. The lowest BCUT2D eigenvalue weighted by Gasteiger charge is -2.06. The lowest BCUT2D eigenvalue weighted by atomic mass is 10.1. The summed E-state index contributed by atoms with van der Waals surface area (Å²) in [6, 6.07) is 19.5. The van der Waals surface area contributed by atoms with Gasteiger partial charge in [0.15, 0.2) is 15.6 Å². The van der Waals surface area contributed by atoms with Crippen molar-refractivity contribution in [3.8, 4) is 22.6 Å². The van der Waals surface area contributed by atoms with Crippen molar-refractivity contribution in [2.75, 3.05) is 0 Å². The van der Waals surface area contributed by atoms with Gasteiger partial charge in [0, 0.05) is 21.2 Å². The second-order valence-electron chi connectivity index (χ2n) is 8.71. The van der Waals surface area contributed by atoms with Crippen molar-refractivity contribution in [3.63, 3.8) is 0 Å². The molecule has 0 radical (unpaired) electrons. The molecule has 0 unspecified atom stereocenters. The average Bonchev–Trinajstić information content (AvgIpc) is 3.56. The van der Waals surface area contributed by atoms with Crippen molar-refractivity contribution in [3.05, 3.63) is 101 Å². The van der Waals surface area contributed by atoms with Gasteiger partial charge in [-0.25, -0.2) is 25.3 Å². The molecule has 5 aromatic rings. The second kappa shape index (κ2) is 11.6. The zero-order valence-corrected chi connectivity index (χ0v) is 25.0. The number of rotatable bonds is 10. The van der Waals surface area contributed by atoms with Crippen LogP contribution < -0.4 is 4.13 Å². The summed E-state index contributed by atoms with van der Waals surface area (Å²) >= 11 is 11.7. The van der Waals surface area contributed by atoms with Gasteiger partial charge in [0.1, 0.15) is 22.1 Å². The molecule has 2 aromatic heterocycles. The molecule has 218 valence electrons. The van der Waals surface area contributed by atoms with Crippen LogP contribution in [0, 0.1) is 0 Å². The number of halogens is 2. The molecule has 1 N–H and O–H groups in total. The highest BCUT2D eigenvalue weighted by Gasteiger charge is 2.33. The molecule has 0 bridgehead atoms. The van der Waals surface area contributed by atoms with E-state index in [0.717, 1.165) is 12.1 Å². The molecular weight excluding hydrogens is 651 g/mol. The van der Waals surface area contributed by atoms with Gasteiger partial charge in [-0.2, -0.15) is 0 Å². The lowest BCUT2D eigenvalue weighted by Crippen LogP contribution is -2.31. The highest BCUT2D eigenvalue weighted by molar-refractivity contribution is 8.04. The van der Waals surface area contributed by atoms with E-state index in [4.69, 9.17) is 32.1 Å². The molecule has 0 aliphatic rings. The van der Waals surface area contributed by atoms with Crippen LogP contribution in [0.15, 0.2) is 97.6 Å². The van der Waals surface area contributed by atoms with E-state index in [1.807, 2.05) is 0 Å². The van der Waals surface area contributed by atoms with E-state index in [0.29, 0.717) is 16.1 Å². The topological polar surface area (TPSA) is 179 Å². The lowest BCUT2D eigenvalue weighted by molar-refractivity contribution is 0.433. The molecule has 5 rings (SSSR count). The summed E-state index contributed by atoms with van der Waals surface area (Å²) in [7, 11) is -13.3. The third-order valence-electron chi connectivity index (χ3n) is 5.61. The van der Waals surface area contributed by atoms with Crippen molar-refractivity contribution < 1.29 is 34.2 Å². The first-order valence-corrected chi connectivity index (χ1v) is 17.2. The van der Waals surface area contributed by atoms with E-state index in [-0.39, 0.29) is 26.3 Å². The second-order valence-corrected chi connectivity index (χ2v) is 15.2. The largest absolute Gasteiger partial charge is 0.423 e. The normalized spacial score (nSPS) is 12.4. The van der Waals surface area contributed by atoms with Crippen LogP contribution in [-0.2, 0) is 41.4 Å². The van der Waals surface area contributed by atoms with Gasteiger partial charge in [-0.15, -0.1) is 14.3 Å². The molecule has 3 aromatic carbocycles. The molecule has 17 heteroatoms. The summed E-state index contributed by atoms with van der Waals surface area (Å²) < 4.78 is 89.9. The molecule has 2 heterocycles. The van der Waals surface area contributed by atoms with Crippen molar-refractivity contribution in [1.29, 1.82) is 0 Å². The number of nitrogens with zero attached hydrogens (tertiary/aromatic N) is 3. The maximum Gasteiger partial charge on any atom is 0.253 e. The molecule has 0 amide bonds. The first kappa shape index (κ1) is 29.9. The third-order valence-corrected chi connectivity index (χ3v) is 11.2. The number of hydrogen-bond acceptors (Lipinski definition) is 11. The van der Waals surface area contributed by atoms with Crippen LogP contribution in [0.25, 0.3) is 22.6 Å². The average molecular weight is 670 g/mol. The van der Waals surface area contributed by atoms with Crippen LogP contribution in [-0.4, -0.2) is 40.6 Å². The van der Waals surface area contributed by atoms with Gasteiger partial charge in [-0.05, 0) is 48.5 Å². The van der Waals surface area contributed by atoms with Gasteiger partial charge < -0.3 is 8.94 Å². The third kappa shape index (κ3) is 6.72. The summed E-state index contributed by atoms with van der Waals surface area (Å²) in [5.41, 5.74) is 0.891. The van der Waals surface area contributed by atoms with Gasteiger partial charge in [0.2, 0.25) is 21.8 Å². The zero-order valence-electron chi connectivity index (χ0n) is 21.0. The summed E-state index contributed by atoms with van der Waals surface area (Å²) in [5, 5.41) is 11.9. The van der Waals surface area contributed by atoms with Crippen molar-refractivity contribution in [2.24, 2.45) is 0 Å². The van der Waals surface area contributed by atoms with Crippen LogP contribution in [0.2, 0.25) is 10.0 Å². The number of sulfone groups is 1. The van der Waals surface area contributed by atoms with E-state index < -0.39 is 53.2 Å². The van der Waals surface area contributed by atoms with Crippen LogP contribution in [0.4, 0.5) is 0 Å². The fourth-order valence-electron chi connectivity index (χ4n) is 3.80. The first-order chi connectivity index (χ1) is 19.8. The SMILES string of the molecule is O=S(=O)(Cc1nnc(CS(=O)(=O)c2c(-c3ccccc3)noc2-c2ccc(Cl)cc2)o1)NS(=O)(=O)c1ccc(Cl)cc1. The van der Waals surface area contributed by atoms with E-state index >= 15 is 0 Å². The number of sulfonamides is 2. The molecule has 0 aliphatic carbocycles. The van der Waals surface area contributed by atoms with Gasteiger partial charge in [-0.3, -0.25) is 0 Å². The Labute approximate surface area is 250 Å². The highest BCUT2D eigenvalue weighted by atomic mass is 35.5. The van der Waals surface area contributed by atoms with Crippen LogP contribution >= 0.6 is 23.2 Å². The molecule has 0 atom stereocenters. The van der Waals surface area contributed by atoms with E-state index in [9.17, 15) is 25.3 Å². The minimum atomic E-state index is -4.57. The minimum absolute atomic E-state index is 0.0412. The Kier molecular flexibility index (Phi) is 8.24. The summed E-state index contributed by atoms with van der Waals surface area (Å²) in [6.07, 6.45) is 0. The molecule has 0 saturated heterocycles. The Morgan fingerprint density at radius 2 is 1.26 bits per heavy atom. The maximum atomic E-state index is 13.7. The maximum absolute atomic E-state index is 13.7. The van der Waals surface area contributed by atoms with Gasteiger partial charge in [0.25, 0.3) is 10.0 Å². The van der Waals surface area contributed by atoms with Crippen molar-refractivity contribution >= 4 is 53.1 Å². The van der Waals surface area contributed by atoms with E-state index in [1.165, 1.54) is 12.1 Å². The Bertz CT molecular complexity index is 2060. The van der Waals surface area contributed by atoms with E-state index in [2.05, 4.69) is 15.4 Å². The Morgan fingerprint density at radius 3 is 1.88 bits per heavy atom. The van der Waals surface area contributed by atoms with Crippen LogP contribution in [0.1, 0.15) is 11.8 Å². The predicted molar refractivity (Wildman–Crippen MR) is 152 cm³/mol. The zero-order chi connectivity index (χ0) is 30.1. The first-order valence-electron chi connectivity index (χ1n) is 11.7. The smallest absolute Gasteiger partial charge is 0.253 e. The summed E-state index contributed by atoms with van der Waals surface area (Å²) in [6.45, 7) is 0. The van der Waals surface area contributed by atoms with Gasteiger partial charge in [-0.1, -0.05) is 58.7 Å². The van der Waals surface area contributed by atoms with E-state index in [1.54, 1.807) is 58.7 Å². The van der Waals surface area contributed by atoms with Crippen LogP contribution in [0.3, 0.4) is 0 Å². The van der Waals surface area contributed by atoms with Gasteiger partial charge in [0.05, 0.1) is 4.90 Å². The molecule has 0 saturated carbocycles. The molecular formula is C25H18Cl2N4O8S3. The number of nitrogens with one attached hydrogen (secondary N) is 1.